The second-order valence-electron chi connectivity index (χ2n) is 6.61. The number of hydrogen-bond donors (Lipinski definition) is 1. The molecule has 1 N–H and O–H groups in total. The van der Waals surface area contributed by atoms with E-state index in [1.165, 1.54) is 12.3 Å². The fourth-order valence-corrected chi connectivity index (χ4v) is 2.85. The number of nitrogens with zero attached hydrogens (tertiary/aromatic N) is 5. The molecule has 0 amide bonds. The van der Waals surface area contributed by atoms with E-state index in [4.69, 9.17) is 4.52 Å². The topological polar surface area (TPSA) is 110 Å². The summed E-state index contributed by atoms with van der Waals surface area (Å²) < 4.78 is 5.39. The van der Waals surface area contributed by atoms with Crippen LogP contribution in [0.5, 0.6) is 0 Å². The van der Waals surface area contributed by atoms with Gasteiger partial charge >= 0.3 is 0 Å². The smallest absolute Gasteiger partial charge is 0.287 e. The van der Waals surface area contributed by atoms with Crippen molar-refractivity contribution in [2.24, 2.45) is 0 Å². The first-order valence-electron chi connectivity index (χ1n) is 8.38. The molecule has 0 aromatic carbocycles. The highest BCUT2D eigenvalue weighted by molar-refractivity contribution is 5.41. The van der Waals surface area contributed by atoms with Gasteiger partial charge in [-0.15, -0.1) is 0 Å². The van der Waals surface area contributed by atoms with E-state index in [1.807, 2.05) is 13.8 Å². The predicted octanol–water partition coefficient (Wildman–Crippen LogP) is 2.74. The van der Waals surface area contributed by atoms with Crippen LogP contribution in [0.4, 0.5) is 11.5 Å². The normalized spacial score (nSPS) is 19.3. The maximum absolute atomic E-state index is 10.7. The molecule has 1 fully saturated rings. The van der Waals surface area contributed by atoms with Gasteiger partial charge < -0.3 is 9.84 Å². The van der Waals surface area contributed by atoms with Crippen LogP contribution in [0.15, 0.2) is 22.9 Å². The molecule has 0 unspecified atom stereocenters. The largest absolute Gasteiger partial charge is 0.366 e. The van der Waals surface area contributed by atoms with Gasteiger partial charge in [-0.2, -0.15) is 4.98 Å². The zero-order chi connectivity index (χ0) is 18.0. The van der Waals surface area contributed by atoms with Crippen LogP contribution < -0.4 is 5.32 Å². The van der Waals surface area contributed by atoms with Crippen LogP contribution in [0.1, 0.15) is 50.9 Å². The Morgan fingerprint density at radius 3 is 2.80 bits per heavy atom. The summed E-state index contributed by atoms with van der Waals surface area (Å²) in [6.45, 7) is 7.85. The fraction of sp³-hybridized carbons (Fsp3) is 0.562. The number of anilines is 1. The maximum Gasteiger partial charge on any atom is 0.287 e. The van der Waals surface area contributed by atoms with Crippen molar-refractivity contribution in [2.45, 2.75) is 45.2 Å². The molecule has 25 heavy (non-hydrogen) atoms. The molecule has 3 heterocycles. The van der Waals surface area contributed by atoms with Crippen LogP contribution in [0.2, 0.25) is 0 Å². The van der Waals surface area contributed by atoms with E-state index in [9.17, 15) is 10.1 Å². The van der Waals surface area contributed by atoms with E-state index in [0.29, 0.717) is 11.7 Å². The lowest BCUT2D eigenvalue weighted by Crippen LogP contribution is -2.29. The molecule has 0 spiro atoms. The number of hydrogen-bond acceptors (Lipinski definition) is 8. The molecule has 0 bridgehead atoms. The Balaban J connectivity index is 1.58. The molecular formula is C16H22N6O3. The SMILES string of the molecule is CC(C)c1noc([C@H](C)N2CC[C@H](Nc3ccc([N+](=O)[O-])cn3)C2)n1. The van der Waals surface area contributed by atoms with Crippen molar-refractivity contribution in [1.29, 1.82) is 0 Å². The first kappa shape index (κ1) is 17.3. The molecule has 1 saturated heterocycles. The van der Waals surface area contributed by atoms with Gasteiger partial charge in [0.2, 0.25) is 5.89 Å². The summed E-state index contributed by atoms with van der Waals surface area (Å²) in [7, 11) is 0. The molecule has 0 aliphatic carbocycles. The Hall–Kier alpha value is -2.55. The number of aromatic nitrogens is 3. The summed E-state index contributed by atoms with van der Waals surface area (Å²) in [5, 5.41) is 18.0. The highest BCUT2D eigenvalue weighted by Crippen LogP contribution is 2.26. The molecule has 2 aromatic rings. The van der Waals surface area contributed by atoms with Gasteiger partial charge in [-0.25, -0.2) is 4.98 Å². The summed E-state index contributed by atoms with van der Waals surface area (Å²) in [6.07, 6.45) is 2.22. The monoisotopic (exact) mass is 346 g/mol. The van der Waals surface area contributed by atoms with Gasteiger partial charge in [-0.05, 0) is 19.4 Å². The van der Waals surface area contributed by atoms with E-state index in [-0.39, 0.29) is 23.7 Å². The third-order valence-electron chi connectivity index (χ3n) is 4.41. The lowest BCUT2D eigenvalue weighted by molar-refractivity contribution is -0.385. The van der Waals surface area contributed by atoms with Gasteiger partial charge in [-0.3, -0.25) is 15.0 Å². The first-order chi connectivity index (χ1) is 11.9. The summed E-state index contributed by atoms with van der Waals surface area (Å²) in [5.74, 6) is 2.25. The summed E-state index contributed by atoms with van der Waals surface area (Å²) >= 11 is 0. The molecule has 0 saturated carbocycles. The highest BCUT2D eigenvalue weighted by Gasteiger charge is 2.30. The van der Waals surface area contributed by atoms with Crippen LogP contribution in [0, 0.1) is 10.1 Å². The summed E-state index contributed by atoms with van der Waals surface area (Å²) in [5.41, 5.74) is -0.00966. The first-order valence-corrected chi connectivity index (χ1v) is 8.38. The highest BCUT2D eigenvalue weighted by atomic mass is 16.6. The number of nitrogens with one attached hydrogen (secondary N) is 1. The molecule has 2 aromatic heterocycles. The van der Waals surface area contributed by atoms with Crippen molar-refractivity contribution in [3.8, 4) is 0 Å². The molecule has 2 atom stereocenters. The van der Waals surface area contributed by atoms with Crippen molar-refractivity contribution in [3.63, 3.8) is 0 Å². The third kappa shape index (κ3) is 3.93. The molecule has 134 valence electrons. The Morgan fingerprint density at radius 1 is 1.40 bits per heavy atom. The van der Waals surface area contributed by atoms with E-state index >= 15 is 0 Å². The van der Waals surface area contributed by atoms with Crippen LogP contribution in [-0.2, 0) is 0 Å². The average molecular weight is 346 g/mol. The minimum atomic E-state index is -0.453. The molecule has 3 rings (SSSR count). The molecule has 1 aliphatic rings. The molecule has 1 aliphatic heterocycles. The lowest BCUT2D eigenvalue weighted by atomic mass is 10.2. The number of nitro groups is 1. The fourth-order valence-electron chi connectivity index (χ4n) is 2.85. The van der Waals surface area contributed by atoms with Crippen molar-refractivity contribution >= 4 is 11.5 Å². The van der Waals surface area contributed by atoms with Gasteiger partial charge in [0.15, 0.2) is 5.82 Å². The number of likely N-dealkylation sites (tertiary alicyclic amines) is 1. The number of rotatable bonds is 6. The van der Waals surface area contributed by atoms with Crippen LogP contribution in [-0.4, -0.2) is 44.1 Å². The van der Waals surface area contributed by atoms with Crippen LogP contribution >= 0.6 is 0 Å². The second kappa shape index (κ2) is 7.14. The Labute approximate surface area is 145 Å². The van der Waals surface area contributed by atoms with Gasteiger partial charge in [-0.1, -0.05) is 19.0 Å². The molecular weight excluding hydrogens is 324 g/mol. The van der Waals surface area contributed by atoms with E-state index < -0.39 is 4.92 Å². The predicted molar refractivity (Wildman–Crippen MR) is 91.3 cm³/mol. The molecule has 9 nitrogen and oxygen atoms in total. The van der Waals surface area contributed by atoms with Gasteiger partial charge in [0.1, 0.15) is 12.0 Å². The number of pyridine rings is 1. The van der Waals surface area contributed by atoms with Crippen molar-refractivity contribution in [3.05, 3.63) is 40.2 Å². The van der Waals surface area contributed by atoms with Gasteiger partial charge in [0.05, 0.1) is 11.0 Å². The van der Waals surface area contributed by atoms with E-state index in [2.05, 4.69) is 32.3 Å². The Morgan fingerprint density at radius 2 is 2.20 bits per heavy atom. The zero-order valence-corrected chi connectivity index (χ0v) is 14.5. The zero-order valence-electron chi connectivity index (χ0n) is 14.5. The average Bonchev–Trinajstić information content (AvgIpc) is 3.24. The Bertz CT molecular complexity index is 730. The van der Waals surface area contributed by atoms with Gasteiger partial charge in [0, 0.05) is 31.1 Å². The Kier molecular flexibility index (Phi) is 4.93. The van der Waals surface area contributed by atoms with Gasteiger partial charge in [0.25, 0.3) is 5.69 Å². The summed E-state index contributed by atoms with van der Waals surface area (Å²) in [4.78, 5) is 21.1. The minimum absolute atomic E-state index is 0.00966. The van der Waals surface area contributed by atoms with Crippen molar-refractivity contribution < 1.29 is 9.45 Å². The van der Waals surface area contributed by atoms with E-state index in [1.54, 1.807) is 6.07 Å². The van der Waals surface area contributed by atoms with Crippen LogP contribution in [0.3, 0.4) is 0 Å². The van der Waals surface area contributed by atoms with E-state index in [0.717, 1.165) is 25.3 Å². The quantitative estimate of drug-likeness (QED) is 0.628. The lowest BCUT2D eigenvalue weighted by Gasteiger charge is -2.21. The van der Waals surface area contributed by atoms with Crippen molar-refractivity contribution in [1.82, 2.24) is 20.0 Å². The standard InChI is InChI=1S/C16H22N6O3/c1-10(2)15-19-16(25-20-15)11(3)21-7-6-12(9-21)18-14-5-4-13(8-17-14)22(23)24/h4-5,8,10-12H,6-7,9H2,1-3H3,(H,17,18)/t11-,12-/m0/s1. The minimum Gasteiger partial charge on any atom is -0.366 e. The van der Waals surface area contributed by atoms with Crippen LogP contribution in [0.25, 0.3) is 0 Å². The molecule has 9 heteroatoms. The maximum atomic E-state index is 10.7. The second-order valence-corrected chi connectivity index (χ2v) is 6.61. The summed E-state index contributed by atoms with van der Waals surface area (Å²) in [6, 6.07) is 3.37. The molecule has 0 radical (unpaired) electrons. The third-order valence-corrected chi connectivity index (χ3v) is 4.41. The van der Waals surface area contributed by atoms with Crippen molar-refractivity contribution in [2.75, 3.05) is 18.4 Å².